The predicted octanol–water partition coefficient (Wildman–Crippen LogP) is 5.53. The molecule has 1 aliphatic carbocycles. The third-order valence-electron chi connectivity index (χ3n) is 6.25. The predicted molar refractivity (Wildman–Crippen MR) is 158 cm³/mol. The first kappa shape index (κ1) is 28.6. The number of rotatable bonds is 8. The van der Waals surface area contributed by atoms with Crippen molar-refractivity contribution in [3.8, 4) is 16.9 Å². The van der Waals surface area contributed by atoms with Crippen LogP contribution < -0.4 is 21.1 Å². The maximum atomic E-state index is 12.9. The number of benzene rings is 1. The van der Waals surface area contributed by atoms with Crippen LogP contribution >= 0.6 is 0 Å². The Balaban J connectivity index is 0.00000118. The molecule has 9 nitrogen and oxygen atoms in total. The van der Waals surface area contributed by atoms with Crippen LogP contribution in [0.25, 0.3) is 22.2 Å². The van der Waals surface area contributed by atoms with Gasteiger partial charge in [0, 0.05) is 41.6 Å². The Morgan fingerprint density at radius 1 is 1.20 bits per heavy atom. The van der Waals surface area contributed by atoms with Crippen LogP contribution in [0.3, 0.4) is 0 Å². The van der Waals surface area contributed by atoms with Crippen LogP contribution in [0.2, 0.25) is 0 Å². The lowest BCUT2D eigenvalue weighted by atomic mass is 10.0. The van der Waals surface area contributed by atoms with Crippen LogP contribution in [0.15, 0.2) is 55.0 Å². The van der Waals surface area contributed by atoms with Crippen molar-refractivity contribution in [1.82, 2.24) is 20.3 Å². The number of amides is 2. The van der Waals surface area contributed by atoms with E-state index in [0.29, 0.717) is 23.8 Å². The minimum Gasteiger partial charge on any atom is -0.491 e. The van der Waals surface area contributed by atoms with Crippen LogP contribution in [0.4, 0.5) is 5.82 Å². The number of carbonyl (C=O) groups is 2. The Labute approximate surface area is 234 Å². The number of anilines is 1. The first-order chi connectivity index (χ1) is 19.1. The fourth-order valence-corrected chi connectivity index (χ4v) is 4.48. The van der Waals surface area contributed by atoms with Gasteiger partial charge >= 0.3 is 0 Å². The highest BCUT2D eigenvalue weighted by Crippen LogP contribution is 2.41. The number of primary amides is 1. The molecule has 210 valence electrons. The zero-order chi connectivity index (χ0) is 28.9. The molecule has 5 rings (SSSR count). The average Bonchev–Trinajstić information content (AvgIpc) is 3.65. The highest BCUT2D eigenvalue weighted by molar-refractivity contribution is 5.99. The number of H-pyrrole nitrogens is 1. The average molecular weight is 543 g/mol. The van der Waals surface area contributed by atoms with Gasteiger partial charge in [-0.05, 0) is 106 Å². The van der Waals surface area contributed by atoms with Gasteiger partial charge in [0.25, 0.3) is 5.91 Å². The lowest BCUT2D eigenvalue weighted by molar-refractivity contribution is -0.106. The van der Waals surface area contributed by atoms with Crippen molar-refractivity contribution in [1.29, 1.82) is 0 Å². The quantitative estimate of drug-likeness (QED) is 0.216. The standard InChI is InChI=1S/C30H35N5O2.CH3NO/c1-18(2)37-23-12-19(15-32-27-24(7-6-10-31-27)29(36)35-30(3,4)5)11-21(13-23)26-17-34-28-25(26)14-22(16-33-28)20-8-9-20;2-1-3/h6-7,10-14,16-18,20H,8-9,15H2,1-5H3,(H,31,32)(H,33,34)(H,35,36);1H,(H2,2,3). The maximum absolute atomic E-state index is 12.9. The van der Waals surface area contributed by atoms with E-state index in [9.17, 15) is 4.79 Å². The summed E-state index contributed by atoms with van der Waals surface area (Å²) in [7, 11) is 0. The Kier molecular flexibility index (Phi) is 8.72. The zero-order valence-electron chi connectivity index (χ0n) is 23.7. The van der Waals surface area contributed by atoms with Crippen molar-refractivity contribution < 1.29 is 14.3 Å². The maximum Gasteiger partial charge on any atom is 0.255 e. The lowest BCUT2D eigenvalue weighted by Crippen LogP contribution is -2.40. The molecular formula is C31H38N6O3. The molecule has 4 aromatic rings. The molecule has 0 saturated heterocycles. The van der Waals surface area contributed by atoms with Gasteiger partial charge in [-0.2, -0.15) is 0 Å². The van der Waals surface area contributed by atoms with Gasteiger partial charge < -0.3 is 26.1 Å². The summed E-state index contributed by atoms with van der Waals surface area (Å²) in [6.45, 7) is 10.4. The van der Waals surface area contributed by atoms with Gasteiger partial charge in [0.2, 0.25) is 6.41 Å². The number of nitrogens with zero attached hydrogens (tertiary/aromatic N) is 2. The Morgan fingerprint density at radius 3 is 2.62 bits per heavy atom. The third kappa shape index (κ3) is 7.37. The van der Waals surface area contributed by atoms with E-state index in [1.807, 2.05) is 53.1 Å². The second-order valence-corrected chi connectivity index (χ2v) is 11.3. The molecular weight excluding hydrogens is 504 g/mol. The second kappa shape index (κ2) is 12.2. The Morgan fingerprint density at radius 2 is 1.95 bits per heavy atom. The number of aromatic amines is 1. The van der Waals surface area contributed by atoms with E-state index in [1.54, 1.807) is 18.3 Å². The summed E-state index contributed by atoms with van der Waals surface area (Å²) in [4.78, 5) is 33.9. The zero-order valence-corrected chi connectivity index (χ0v) is 23.7. The summed E-state index contributed by atoms with van der Waals surface area (Å²) in [5.74, 6) is 1.83. The number of hydrogen-bond acceptors (Lipinski definition) is 6. The number of nitrogens with two attached hydrogens (primary N) is 1. The number of carbonyl (C=O) groups excluding carboxylic acids is 2. The van der Waals surface area contributed by atoms with Gasteiger partial charge in [0.15, 0.2) is 0 Å². The smallest absolute Gasteiger partial charge is 0.255 e. The summed E-state index contributed by atoms with van der Waals surface area (Å²) >= 11 is 0. The number of hydrogen-bond donors (Lipinski definition) is 4. The SMILES string of the molecule is CC(C)Oc1cc(CNc2ncccc2C(=O)NC(C)(C)C)cc(-c2c[nH]c3ncc(C4CC4)cc23)c1.NC=O. The minimum atomic E-state index is -0.338. The van der Waals surface area contributed by atoms with Crippen molar-refractivity contribution in [2.45, 2.75) is 71.6 Å². The fourth-order valence-electron chi connectivity index (χ4n) is 4.48. The van der Waals surface area contributed by atoms with Crippen LogP contribution in [-0.2, 0) is 11.3 Å². The van der Waals surface area contributed by atoms with Crippen LogP contribution in [0.5, 0.6) is 5.75 Å². The Hall–Kier alpha value is -4.40. The van der Waals surface area contributed by atoms with Gasteiger partial charge in [-0.3, -0.25) is 9.59 Å². The normalized spacial score (nSPS) is 12.9. The molecule has 1 saturated carbocycles. The van der Waals surface area contributed by atoms with E-state index in [2.05, 4.69) is 49.5 Å². The first-order valence-corrected chi connectivity index (χ1v) is 13.5. The van der Waals surface area contributed by atoms with E-state index >= 15 is 0 Å². The van der Waals surface area contributed by atoms with Crippen LogP contribution in [0, 0.1) is 0 Å². The summed E-state index contributed by atoms with van der Waals surface area (Å²) in [6.07, 6.45) is 8.48. The molecule has 0 bridgehead atoms. The van der Waals surface area contributed by atoms with E-state index in [4.69, 9.17) is 9.53 Å². The van der Waals surface area contributed by atoms with Crippen molar-refractivity contribution >= 4 is 29.2 Å². The Bertz CT molecular complexity index is 1480. The number of aromatic nitrogens is 3. The molecule has 1 aliphatic rings. The van der Waals surface area contributed by atoms with E-state index in [1.165, 1.54) is 18.4 Å². The second-order valence-electron chi connectivity index (χ2n) is 11.3. The van der Waals surface area contributed by atoms with Gasteiger partial charge in [0.05, 0.1) is 11.7 Å². The first-order valence-electron chi connectivity index (χ1n) is 13.5. The monoisotopic (exact) mass is 542 g/mol. The van der Waals surface area contributed by atoms with Crippen molar-refractivity contribution in [2.24, 2.45) is 5.73 Å². The molecule has 3 aromatic heterocycles. The van der Waals surface area contributed by atoms with Gasteiger partial charge in [-0.1, -0.05) is 0 Å². The molecule has 0 radical (unpaired) electrons. The summed E-state index contributed by atoms with van der Waals surface area (Å²) < 4.78 is 6.11. The number of ether oxygens (including phenoxy) is 1. The summed E-state index contributed by atoms with van der Waals surface area (Å²) in [5.41, 5.74) is 9.73. The molecule has 40 heavy (non-hydrogen) atoms. The van der Waals surface area contributed by atoms with Crippen LogP contribution in [0.1, 0.15) is 74.9 Å². The molecule has 5 N–H and O–H groups in total. The molecule has 0 unspecified atom stereocenters. The summed E-state index contributed by atoms with van der Waals surface area (Å²) in [6, 6.07) is 12.1. The number of pyridine rings is 2. The fraction of sp³-hybridized carbons (Fsp3) is 0.355. The molecule has 0 aliphatic heterocycles. The van der Waals surface area contributed by atoms with E-state index in [-0.39, 0.29) is 24.0 Å². The van der Waals surface area contributed by atoms with Crippen molar-refractivity contribution in [3.05, 3.63) is 71.7 Å². The van der Waals surface area contributed by atoms with Gasteiger partial charge in [-0.25, -0.2) is 9.97 Å². The molecule has 1 fully saturated rings. The van der Waals surface area contributed by atoms with E-state index in [0.717, 1.165) is 33.5 Å². The van der Waals surface area contributed by atoms with E-state index < -0.39 is 0 Å². The molecule has 0 spiro atoms. The highest BCUT2D eigenvalue weighted by atomic mass is 16.5. The highest BCUT2D eigenvalue weighted by Gasteiger charge is 2.25. The van der Waals surface area contributed by atoms with Crippen LogP contribution in [-0.4, -0.2) is 38.9 Å². The minimum absolute atomic E-state index is 0.0469. The number of fused-ring (bicyclic) bond motifs is 1. The molecule has 0 atom stereocenters. The number of nitrogens with one attached hydrogen (secondary N) is 3. The molecule has 1 aromatic carbocycles. The van der Waals surface area contributed by atoms with Crippen molar-refractivity contribution in [3.63, 3.8) is 0 Å². The molecule has 3 heterocycles. The molecule has 2 amide bonds. The lowest BCUT2D eigenvalue weighted by Gasteiger charge is -2.21. The van der Waals surface area contributed by atoms with Crippen molar-refractivity contribution in [2.75, 3.05) is 5.32 Å². The topological polar surface area (TPSA) is 135 Å². The molecule has 9 heteroatoms. The third-order valence-corrected chi connectivity index (χ3v) is 6.25. The largest absolute Gasteiger partial charge is 0.491 e. The van der Waals surface area contributed by atoms with Gasteiger partial charge in [0.1, 0.15) is 17.2 Å². The van der Waals surface area contributed by atoms with Gasteiger partial charge in [-0.15, -0.1) is 0 Å². The summed E-state index contributed by atoms with van der Waals surface area (Å²) in [5, 5.41) is 7.51.